The van der Waals surface area contributed by atoms with Crippen LogP contribution in [0.2, 0.25) is 0 Å². The maximum absolute atomic E-state index is 13.8. The van der Waals surface area contributed by atoms with E-state index >= 15 is 0 Å². The Hall–Kier alpha value is -2.07. The zero-order valence-corrected chi connectivity index (χ0v) is 13.3. The Labute approximate surface area is 126 Å². The van der Waals surface area contributed by atoms with Gasteiger partial charge in [-0.3, -0.25) is 9.78 Å². The molecular formula is C17H23FN2O. The van der Waals surface area contributed by atoms with Crippen LogP contribution in [0.5, 0.6) is 0 Å². The molecule has 21 heavy (non-hydrogen) atoms. The van der Waals surface area contributed by atoms with E-state index < -0.39 is 0 Å². The molecular weight excluding hydrogens is 267 g/mol. The van der Waals surface area contributed by atoms with Crippen LogP contribution in [0.25, 0.3) is 11.1 Å². The third-order valence-corrected chi connectivity index (χ3v) is 2.40. The fourth-order valence-electron chi connectivity index (χ4n) is 1.55. The van der Waals surface area contributed by atoms with Gasteiger partial charge in [0.15, 0.2) is 6.29 Å². The lowest BCUT2D eigenvalue weighted by Crippen LogP contribution is -1.91. The molecule has 0 atom stereocenters. The van der Waals surface area contributed by atoms with Crippen LogP contribution in [0.15, 0.2) is 36.5 Å². The number of carbonyl (C=O) groups is 1. The molecule has 0 saturated heterocycles. The molecule has 0 radical (unpaired) electrons. The lowest BCUT2D eigenvalue weighted by atomic mass is 10.0. The fourth-order valence-corrected chi connectivity index (χ4v) is 1.55. The summed E-state index contributed by atoms with van der Waals surface area (Å²) in [6.45, 7) is 5.71. The largest absolute Gasteiger partial charge is 0.323 e. The van der Waals surface area contributed by atoms with Crippen molar-refractivity contribution in [3.63, 3.8) is 0 Å². The highest BCUT2D eigenvalue weighted by molar-refractivity contribution is 5.76. The summed E-state index contributed by atoms with van der Waals surface area (Å²) in [6, 6.07) is 8.44. The van der Waals surface area contributed by atoms with E-state index in [0.29, 0.717) is 28.7 Å². The van der Waals surface area contributed by atoms with E-state index in [4.69, 9.17) is 0 Å². The summed E-state index contributed by atoms with van der Waals surface area (Å²) in [5.41, 5.74) is 2.05. The molecule has 0 bridgehead atoms. The average Bonchev–Trinajstić information content (AvgIpc) is 2.53. The smallest absolute Gasteiger partial charge is 0.168 e. The lowest BCUT2D eigenvalue weighted by Gasteiger charge is -2.05. The number of carbonyl (C=O) groups excluding carboxylic acids is 1. The first-order chi connectivity index (χ1) is 10.1. The number of hydrogen-bond donors (Lipinski definition) is 1. The first-order valence-corrected chi connectivity index (χ1v) is 6.89. The van der Waals surface area contributed by atoms with Crippen molar-refractivity contribution in [2.24, 2.45) is 0 Å². The maximum atomic E-state index is 13.8. The molecule has 2 aromatic rings. The molecule has 0 aliphatic heterocycles. The minimum Gasteiger partial charge on any atom is -0.323 e. The Bertz CT molecular complexity index is 556. The fraction of sp³-hybridized carbons (Fsp3) is 0.294. The van der Waals surface area contributed by atoms with Crippen LogP contribution < -0.4 is 5.32 Å². The Morgan fingerprint density at radius 2 is 1.81 bits per heavy atom. The number of benzene rings is 1. The number of nitrogens with one attached hydrogen (secondary N) is 1. The summed E-state index contributed by atoms with van der Waals surface area (Å²) in [7, 11) is 3.75. The Kier molecular flexibility index (Phi) is 9.63. The van der Waals surface area contributed by atoms with E-state index in [0.717, 1.165) is 0 Å². The van der Waals surface area contributed by atoms with Gasteiger partial charge in [-0.05, 0) is 44.3 Å². The van der Waals surface area contributed by atoms with Crippen molar-refractivity contribution >= 4 is 6.29 Å². The van der Waals surface area contributed by atoms with Crippen LogP contribution in [0.4, 0.5) is 4.39 Å². The van der Waals surface area contributed by atoms with Crippen molar-refractivity contribution in [3.8, 4) is 11.1 Å². The summed E-state index contributed by atoms with van der Waals surface area (Å²) in [6.07, 6.45) is 2.15. The summed E-state index contributed by atoms with van der Waals surface area (Å²) >= 11 is 0. The monoisotopic (exact) mass is 290 g/mol. The van der Waals surface area contributed by atoms with Gasteiger partial charge in [0.25, 0.3) is 0 Å². The van der Waals surface area contributed by atoms with Gasteiger partial charge in [-0.25, -0.2) is 4.39 Å². The van der Waals surface area contributed by atoms with Gasteiger partial charge in [0, 0.05) is 11.8 Å². The Morgan fingerprint density at radius 1 is 1.19 bits per heavy atom. The number of aldehydes is 1. The van der Waals surface area contributed by atoms with E-state index in [1.165, 1.54) is 6.20 Å². The number of pyridine rings is 1. The van der Waals surface area contributed by atoms with Gasteiger partial charge in [-0.2, -0.15) is 0 Å². The minimum absolute atomic E-state index is 0.259. The SMILES string of the molecule is CC.CNC.Cc1cccc(-c2ccnc(C=O)c2)c1F. The van der Waals surface area contributed by atoms with E-state index in [-0.39, 0.29) is 5.82 Å². The van der Waals surface area contributed by atoms with Crippen molar-refractivity contribution in [3.05, 3.63) is 53.6 Å². The zero-order chi connectivity index (χ0) is 16.3. The molecule has 114 valence electrons. The molecule has 0 fully saturated rings. The second-order valence-electron chi connectivity index (χ2n) is 4.02. The summed E-state index contributed by atoms with van der Waals surface area (Å²) in [4.78, 5) is 14.4. The van der Waals surface area contributed by atoms with Gasteiger partial charge in [-0.1, -0.05) is 32.0 Å². The number of hydrogen-bond acceptors (Lipinski definition) is 3. The predicted molar refractivity (Wildman–Crippen MR) is 86.1 cm³/mol. The molecule has 1 heterocycles. The van der Waals surface area contributed by atoms with E-state index in [1.54, 1.807) is 37.3 Å². The normalized spacial score (nSPS) is 8.86. The van der Waals surface area contributed by atoms with Gasteiger partial charge in [0.1, 0.15) is 11.5 Å². The van der Waals surface area contributed by atoms with Crippen molar-refractivity contribution < 1.29 is 9.18 Å². The van der Waals surface area contributed by atoms with Crippen LogP contribution in [0.3, 0.4) is 0 Å². The van der Waals surface area contributed by atoms with Crippen LogP contribution >= 0.6 is 0 Å². The topological polar surface area (TPSA) is 42.0 Å². The van der Waals surface area contributed by atoms with E-state index in [2.05, 4.69) is 10.3 Å². The van der Waals surface area contributed by atoms with Crippen molar-refractivity contribution in [1.29, 1.82) is 0 Å². The highest BCUT2D eigenvalue weighted by Gasteiger charge is 2.07. The second-order valence-corrected chi connectivity index (χ2v) is 4.02. The van der Waals surface area contributed by atoms with E-state index in [9.17, 15) is 9.18 Å². The highest BCUT2D eigenvalue weighted by Crippen LogP contribution is 2.24. The maximum Gasteiger partial charge on any atom is 0.168 e. The highest BCUT2D eigenvalue weighted by atomic mass is 19.1. The van der Waals surface area contributed by atoms with Gasteiger partial charge in [-0.15, -0.1) is 0 Å². The molecule has 3 nitrogen and oxygen atoms in total. The molecule has 0 amide bonds. The molecule has 0 aliphatic rings. The first-order valence-electron chi connectivity index (χ1n) is 6.89. The van der Waals surface area contributed by atoms with E-state index in [1.807, 2.05) is 27.9 Å². The van der Waals surface area contributed by atoms with Gasteiger partial charge in [0.05, 0.1) is 0 Å². The molecule has 1 aromatic carbocycles. The molecule has 0 saturated carbocycles. The number of aromatic nitrogens is 1. The molecule has 2 rings (SSSR count). The third-order valence-electron chi connectivity index (χ3n) is 2.40. The van der Waals surface area contributed by atoms with Gasteiger partial charge in [0.2, 0.25) is 0 Å². The minimum atomic E-state index is -0.259. The van der Waals surface area contributed by atoms with Gasteiger partial charge >= 0.3 is 0 Å². The Morgan fingerprint density at radius 3 is 2.38 bits per heavy atom. The Balaban J connectivity index is 0.000000713. The summed E-state index contributed by atoms with van der Waals surface area (Å²) in [5.74, 6) is -0.259. The molecule has 1 aromatic heterocycles. The lowest BCUT2D eigenvalue weighted by molar-refractivity contribution is 0.111. The number of aryl methyl sites for hydroxylation is 1. The number of halogens is 1. The van der Waals surface area contributed by atoms with Crippen LogP contribution in [-0.4, -0.2) is 25.4 Å². The van der Waals surface area contributed by atoms with Crippen molar-refractivity contribution in [1.82, 2.24) is 10.3 Å². The summed E-state index contributed by atoms with van der Waals surface area (Å²) < 4.78 is 13.8. The average molecular weight is 290 g/mol. The van der Waals surface area contributed by atoms with Crippen LogP contribution in [-0.2, 0) is 0 Å². The third kappa shape index (κ3) is 5.83. The molecule has 4 heteroatoms. The zero-order valence-electron chi connectivity index (χ0n) is 13.3. The number of nitrogens with zero attached hydrogens (tertiary/aromatic N) is 1. The standard InChI is InChI=1S/C13H10FNO.C2H7N.C2H6/c1-9-3-2-4-12(13(9)14)10-5-6-15-11(7-10)8-16;1-3-2;1-2/h2-8H,1H3;3H,1-2H3;1-2H3. The predicted octanol–water partition coefficient (Wildman–Crippen LogP) is 3.87. The van der Waals surface area contributed by atoms with Gasteiger partial charge < -0.3 is 5.32 Å². The first kappa shape index (κ1) is 18.9. The number of rotatable bonds is 2. The van der Waals surface area contributed by atoms with Crippen LogP contribution in [0.1, 0.15) is 29.9 Å². The molecule has 0 aliphatic carbocycles. The molecule has 0 spiro atoms. The molecule has 1 N–H and O–H groups in total. The summed E-state index contributed by atoms with van der Waals surface area (Å²) in [5, 5.41) is 2.75. The quantitative estimate of drug-likeness (QED) is 0.854. The van der Waals surface area contributed by atoms with Crippen molar-refractivity contribution in [2.45, 2.75) is 20.8 Å². The second kappa shape index (κ2) is 10.7. The van der Waals surface area contributed by atoms with Crippen molar-refractivity contribution in [2.75, 3.05) is 14.1 Å². The molecule has 0 unspecified atom stereocenters. The van der Waals surface area contributed by atoms with Crippen LogP contribution in [0, 0.1) is 12.7 Å².